The molecule has 1 fully saturated rings. The van der Waals surface area contributed by atoms with Crippen molar-refractivity contribution in [2.24, 2.45) is 5.92 Å². The molecule has 1 aromatic carbocycles. The third-order valence-corrected chi connectivity index (χ3v) is 5.47. The molecule has 0 spiro atoms. The lowest BCUT2D eigenvalue weighted by Gasteiger charge is -2.31. The standard InChI is InChI=1S/C22H26N4O2/c1-28-21-7-5-17(6-8-21)15-23-22(27)18-10-13-25(14-11-18)16-20-4-2-3-19-9-12-24-26(19)20/h2-9,12,18H,10-11,13-16H2,1H3,(H,23,27). The molecule has 0 radical (unpaired) electrons. The molecule has 3 aromatic rings. The van der Waals surface area contributed by atoms with E-state index in [0.29, 0.717) is 6.54 Å². The van der Waals surface area contributed by atoms with Gasteiger partial charge in [0.15, 0.2) is 0 Å². The Morgan fingerprint density at radius 2 is 1.93 bits per heavy atom. The maximum atomic E-state index is 12.5. The fourth-order valence-corrected chi connectivity index (χ4v) is 3.79. The van der Waals surface area contributed by atoms with Gasteiger partial charge in [0.25, 0.3) is 0 Å². The number of carbonyl (C=O) groups is 1. The molecule has 0 unspecified atom stereocenters. The van der Waals surface area contributed by atoms with E-state index in [1.165, 1.54) is 5.69 Å². The first-order valence-corrected chi connectivity index (χ1v) is 9.77. The zero-order chi connectivity index (χ0) is 19.3. The smallest absolute Gasteiger partial charge is 0.223 e. The highest BCUT2D eigenvalue weighted by molar-refractivity contribution is 5.78. The second-order valence-corrected chi connectivity index (χ2v) is 7.30. The molecule has 28 heavy (non-hydrogen) atoms. The first-order chi connectivity index (χ1) is 13.7. The molecule has 0 bridgehead atoms. The van der Waals surface area contributed by atoms with Crippen LogP contribution in [0, 0.1) is 5.92 Å². The van der Waals surface area contributed by atoms with E-state index in [9.17, 15) is 4.79 Å². The number of carbonyl (C=O) groups excluding carboxylic acids is 1. The number of methoxy groups -OCH3 is 1. The van der Waals surface area contributed by atoms with Crippen LogP contribution in [0.15, 0.2) is 54.7 Å². The monoisotopic (exact) mass is 378 g/mol. The number of likely N-dealkylation sites (tertiary alicyclic amines) is 1. The molecule has 1 amide bonds. The summed E-state index contributed by atoms with van der Waals surface area (Å²) in [6.07, 6.45) is 3.62. The number of benzene rings is 1. The summed E-state index contributed by atoms with van der Waals surface area (Å²) in [5.41, 5.74) is 3.38. The lowest BCUT2D eigenvalue weighted by molar-refractivity contribution is -0.126. The molecular weight excluding hydrogens is 352 g/mol. The van der Waals surface area contributed by atoms with Crippen LogP contribution in [-0.2, 0) is 17.9 Å². The third kappa shape index (κ3) is 4.17. The number of hydrogen-bond donors (Lipinski definition) is 1. The van der Waals surface area contributed by atoms with Crippen LogP contribution in [0.3, 0.4) is 0 Å². The number of nitrogens with one attached hydrogen (secondary N) is 1. The fourth-order valence-electron chi connectivity index (χ4n) is 3.79. The first-order valence-electron chi connectivity index (χ1n) is 9.77. The van der Waals surface area contributed by atoms with Gasteiger partial charge < -0.3 is 10.1 Å². The second kappa shape index (κ2) is 8.44. The quantitative estimate of drug-likeness (QED) is 0.717. The lowest BCUT2D eigenvalue weighted by atomic mass is 9.95. The Labute approximate surface area is 165 Å². The van der Waals surface area contributed by atoms with E-state index in [4.69, 9.17) is 4.74 Å². The number of rotatable bonds is 6. The lowest BCUT2D eigenvalue weighted by Crippen LogP contribution is -2.40. The van der Waals surface area contributed by atoms with Gasteiger partial charge >= 0.3 is 0 Å². The van der Waals surface area contributed by atoms with Gasteiger partial charge in [-0.05, 0) is 61.8 Å². The minimum absolute atomic E-state index is 0.0926. The molecule has 0 atom stereocenters. The summed E-state index contributed by atoms with van der Waals surface area (Å²) in [6.45, 7) is 3.28. The van der Waals surface area contributed by atoms with Crippen LogP contribution < -0.4 is 10.1 Å². The zero-order valence-corrected chi connectivity index (χ0v) is 16.2. The van der Waals surface area contributed by atoms with Crippen LogP contribution in [0.5, 0.6) is 5.75 Å². The van der Waals surface area contributed by atoms with E-state index >= 15 is 0 Å². The molecule has 6 nitrogen and oxygen atoms in total. The minimum atomic E-state index is 0.0926. The van der Waals surface area contributed by atoms with Gasteiger partial charge in [0, 0.05) is 25.2 Å². The Bertz CT molecular complexity index is 927. The highest BCUT2D eigenvalue weighted by Gasteiger charge is 2.25. The summed E-state index contributed by atoms with van der Waals surface area (Å²) >= 11 is 0. The van der Waals surface area contributed by atoms with Crippen molar-refractivity contribution in [1.82, 2.24) is 19.8 Å². The van der Waals surface area contributed by atoms with Gasteiger partial charge in [0.2, 0.25) is 5.91 Å². The van der Waals surface area contributed by atoms with Crippen LogP contribution in [-0.4, -0.2) is 40.6 Å². The van der Waals surface area contributed by atoms with Crippen LogP contribution in [0.1, 0.15) is 24.1 Å². The van der Waals surface area contributed by atoms with Crippen LogP contribution in [0.2, 0.25) is 0 Å². The highest BCUT2D eigenvalue weighted by atomic mass is 16.5. The number of nitrogens with zero attached hydrogens (tertiary/aromatic N) is 3. The summed E-state index contributed by atoms with van der Waals surface area (Å²) < 4.78 is 7.16. The number of ether oxygens (including phenoxy) is 1. The molecule has 1 N–H and O–H groups in total. The van der Waals surface area contributed by atoms with Crippen molar-refractivity contribution in [3.8, 4) is 5.75 Å². The van der Waals surface area contributed by atoms with Crippen molar-refractivity contribution in [1.29, 1.82) is 0 Å². The van der Waals surface area contributed by atoms with Gasteiger partial charge in [-0.1, -0.05) is 18.2 Å². The molecule has 146 valence electrons. The van der Waals surface area contributed by atoms with Gasteiger partial charge in [-0.15, -0.1) is 0 Å². The van der Waals surface area contributed by atoms with Gasteiger partial charge in [-0.25, -0.2) is 4.52 Å². The molecule has 0 saturated carbocycles. The van der Waals surface area contributed by atoms with Crippen molar-refractivity contribution in [3.63, 3.8) is 0 Å². The Hall–Kier alpha value is -2.86. The number of aromatic nitrogens is 2. The van der Waals surface area contributed by atoms with Crippen LogP contribution >= 0.6 is 0 Å². The Kier molecular flexibility index (Phi) is 5.58. The predicted octanol–water partition coefficient (Wildman–Crippen LogP) is 2.87. The third-order valence-electron chi connectivity index (χ3n) is 5.47. The Morgan fingerprint density at radius 1 is 1.14 bits per heavy atom. The van der Waals surface area contributed by atoms with Crippen molar-refractivity contribution < 1.29 is 9.53 Å². The molecular formula is C22H26N4O2. The van der Waals surface area contributed by atoms with Gasteiger partial charge in [-0.3, -0.25) is 9.69 Å². The topological polar surface area (TPSA) is 58.9 Å². The average molecular weight is 378 g/mol. The maximum Gasteiger partial charge on any atom is 0.223 e. The van der Waals surface area contributed by atoms with Gasteiger partial charge in [0.05, 0.1) is 18.3 Å². The van der Waals surface area contributed by atoms with Crippen molar-refractivity contribution in [2.75, 3.05) is 20.2 Å². The van der Waals surface area contributed by atoms with Crippen LogP contribution in [0.25, 0.3) is 5.52 Å². The van der Waals surface area contributed by atoms with E-state index < -0.39 is 0 Å². The SMILES string of the molecule is COc1ccc(CNC(=O)C2CCN(Cc3cccc4ccnn34)CC2)cc1. The number of piperidine rings is 1. The molecule has 1 aliphatic heterocycles. The van der Waals surface area contributed by atoms with E-state index in [1.54, 1.807) is 7.11 Å². The number of hydrogen-bond acceptors (Lipinski definition) is 4. The van der Waals surface area contributed by atoms with E-state index in [0.717, 1.165) is 49.3 Å². The number of pyridine rings is 1. The van der Waals surface area contributed by atoms with Crippen LogP contribution in [0.4, 0.5) is 0 Å². The summed E-state index contributed by atoms with van der Waals surface area (Å²) in [5, 5.41) is 7.49. The Morgan fingerprint density at radius 3 is 2.68 bits per heavy atom. The van der Waals surface area contributed by atoms with Crippen molar-refractivity contribution >= 4 is 11.4 Å². The summed E-state index contributed by atoms with van der Waals surface area (Å²) in [4.78, 5) is 14.9. The predicted molar refractivity (Wildman–Crippen MR) is 108 cm³/mol. The van der Waals surface area contributed by atoms with E-state index in [-0.39, 0.29) is 11.8 Å². The maximum absolute atomic E-state index is 12.5. The first kappa shape index (κ1) is 18.5. The number of fused-ring (bicyclic) bond motifs is 1. The van der Waals surface area contributed by atoms with Crippen molar-refractivity contribution in [3.05, 3.63) is 66.0 Å². The molecule has 1 aliphatic rings. The van der Waals surface area contributed by atoms with Crippen molar-refractivity contribution in [2.45, 2.75) is 25.9 Å². The molecule has 1 saturated heterocycles. The molecule has 0 aliphatic carbocycles. The average Bonchev–Trinajstić information content (AvgIpc) is 3.23. The zero-order valence-electron chi connectivity index (χ0n) is 16.2. The molecule has 2 aromatic heterocycles. The summed E-state index contributed by atoms with van der Waals surface area (Å²) in [7, 11) is 1.65. The summed E-state index contributed by atoms with van der Waals surface area (Å²) in [6, 6.07) is 16.1. The van der Waals surface area contributed by atoms with E-state index in [2.05, 4.69) is 33.5 Å². The minimum Gasteiger partial charge on any atom is -0.497 e. The van der Waals surface area contributed by atoms with E-state index in [1.807, 2.05) is 41.0 Å². The van der Waals surface area contributed by atoms with Gasteiger partial charge in [0.1, 0.15) is 5.75 Å². The summed E-state index contributed by atoms with van der Waals surface area (Å²) in [5.74, 6) is 1.08. The Balaban J connectivity index is 1.26. The normalized spacial score (nSPS) is 15.6. The second-order valence-electron chi connectivity index (χ2n) is 7.30. The van der Waals surface area contributed by atoms with Gasteiger partial charge in [-0.2, -0.15) is 5.10 Å². The largest absolute Gasteiger partial charge is 0.497 e. The fraction of sp³-hybridized carbons (Fsp3) is 0.364. The number of amides is 1. The highest BCUT2D eigenvalue weighted by Crippen LogP contribution is 2.20. The molecule has 4 rings (SSSR count). The molecule has 6 heteroatoms. The molecule has 3 heterocycles.